The van der Waals surface area contributed by atoms with E-state index in [0.717, 1.165) is 23.5 Å². The maximum Gasteiger partial charge on any atom is 0.289 e. The first-order valence-electron chi connectivity index (χ1n) is 7.03. The fraction of sp³-hybridized carbons (Fsp3) is 0.312. The lowest BCUT2D eigenvalue weighted by Crippen LogP contribution is -2.18. The van der Waals surface area contributed by atoms with Crippen LogP contribution in [-0.2, 0) is 11.3 Å². The average Bonchev–Trinajstić information content (AvgIpc) is 2.80. The third-order valence-electron chi connectivity index (χ3n) is 3.40. The van der Waals surface area contributed by atoms with Gasteiger partial charge in [-0.05, 0) is 32.0 Å². The molecule has 116 valence electrons. The zero-order valence-corrected chi connectivity index (χ0v) is 13.0. The number of hydrogen-bond donors (Lipinski definition) is 1. The van der Waals surface area contributed by atoms with Gasteiger partial charge >= 0.3 is 0 Å². The smallest absolute Gasteiger partial charge is 0.289 e. The molecule has 22 heavy (non-hydrogen) atoms. The molecule has 2 heterocycles. The molecule has 0 saturated heterocycles. The van der Waals surface area contributed by atoms with Crippen LogP contribution in [0.2, 0.25) is 0 Å². The molecule has 0 spiro atoms. The zero-order chi connectivity index (χ0) is 15.9. The number of pyridine rings is 1. The number of nitrogens with one attached hydrogen (secondary N) is 1. The van der Waals surface area contributed by atoms with Gasteiger partial charge in [0.1, 0.15) is 5.69 Å². The summed E-state index contributed by atoms with van der Waals surface area (Å²) in [6.45, 7) is 5.50. The summed E-state index contributed by atoms with van der Waals surface area (Å²) in [5, 5.41) is 4.00. The summed E-state index contributed by atoms with van der Waals surface area (Å²) in [6, 6.07) is 7.19. The molecule has 0 aromatic carbocycles. The molecule has 0 fully saturated rings. The lowest BCUT2D eigenvalue weighted by atomic mass is 10.3. The Morgan fingerprint density at radius 1 is 1.45 bits per heavy atom. The Kier molecular flexibility index (Phi) is 5.43. The summed E-state index contributed by atoms with van der Waals surface area (Å²) in [5.74, 6) is -0.329. The largest absolute Gasteiger partial charge is 0.383 e. The molecule has 2 aromatic rings. The summed E-state index contributed by atoms with van der Waals surface area (Å²) in [4.78, 5) is 15.8. The van der Waals surface area contributed by atoms with E-state index in [9.17, 15) is 4.79 Å². The van der Waals surface area contributed by atoms with Crippen LogP contribution in [0.1, 0.15) is 27.4 Å². The van der Waals surface area contributed by atoms with Crippen molar-refractivity contribution in [2.75, 3.05) is 13.7 Å². The first kappa shape index (κ1) is 15.9. The predicted octanol–water partition coefficient (Wildman–Crippen LogP) is 1.91. The molecule has 0 aliphatic rings. The SMILES string of the molecule is COCCn1c(C)cc(C=NNC(=O)c2ccccn2)c1C. The number of hydrazone groups is 1. The van der Waals surface area contributed by atoms with Gasteiger partial charge in [-0.3, -0.25) is 9.78 Å². The molecule has 1 amide bonds. The van der Waals surface area contributed by atoms with Gasteiger partial charge in [-0.1, -0.05) is 6.07 Å². The van der Waals surface area contributed by atoms with Gasteiger partial charge < -0.3 is 9.30 Å². The number of hydrogen-bond acceptors (Lipinski definition) is 4. The number of carbonyl (C=O) groups is 1. The molecule has 0 bridgehead atoms. The second-order valence-electron chi connectivity index (χ2n) is 4.89. The highest BCUT2D eigenvalue weighted by molar-refractivity contribution is 5.93. The highest BCUT2D eigenvalue weighted by Crippen LogP contribution is 2.13. The van der Waals surface area contributed by atoms with Gasteiger partial charge in [-0.15, -0.1) is 0 Å². The molecule has 0 unspecified atom stereocenters. The third kappa shape index (κ3) is 3.79. The summed E-state index contributed by atoms with van der Waals surface area (Å²) in [6.07, 6.45) is 3.22. The van der Waals surface area contributed by atoms with Crippen molar-refractivity contribution in [3.05, 3.63) is 53.1 Å². The van der Waals surface area contributed by atoms with Crippen LogP contribution in [0.5, 0.6) is 0 Å². The van der Waals surface area contributed by atoms with Crippen molar-refractivity contribution in [3.8, 4) is 0 Å². The molecule has 0 atom stereocenters. The van der Waals surface area contributed by atoms with Crippen molar-refractivity contribution in [3.63, 3.8) is 0 Å². The monoisotopic (exact) mass is 300 g/mol. The van der Waals surface area contributed by atoms with E-state index in [2.05, 4.69) is 20.1 Å². The molecule has 6 heteroatoms. The first-order valence-corrected chi connectivity index (χ1v) is 7.03. The lowest BCUT2D eigenvalue weighted by Gasteiger charge is -2.08. The Bertz CT molecular complexity index is 662. The standard InChI is InChI=1S/C16H20N4O2/c1-12-10-14(13(2)20(12)8-9-22-3)11-18-19-16(21)15-6-4-5-7-17-15/h4-7,10-11H,8-9H2,1-3H3,(H,19,21). The Morgan fingerprint density at radius 2 is 2.27 bits per heavy atom. The predicted molar refractivity (Wildman–Crippen MR) is 85.1 cm³/mol. The Labute approximate surface area is 129 Å². The highest BCUT2D eigenvalue weighted by Gasteiger charge is 2.08. The molecule has 0 aliphatic carbocycles. The zero-order valence-electron chi connectivity index (χ0n) is 13.0. The average molecular weight is 300 g/mol. The molecule has 1 N–H and O–H groups in total. The van der Waals surface area contributed by atoms with E-state index in [1.54, 1.807) is 37.7 Å². The second kappa shape index (κ2) is 7.51. The van der Waals surface area contributed by atoms with E-state index in [1.807, 2.05) is 19.9 Å². The van der Waals surface area contributed by atoms with Gasteiger partial charge in [0.05, 0.1) is 12.8 Å². The summed E-state index contributed by atoms with van der Waals surface area (Å²) >= 11 is 0. The van der Waals surface area contributed by atoms with Gasteiger partial charge in [-0.25, -0.2) is 5.43 Å². The van der Waals surface area contributed by atoms with Crippen LogP contribution in [-0.4, -0.2) is 35.4 Å². The van der Waals surface area contributed by atoms with Crippen LogP contribution in [0.15, 0.2) is 35.6 Å². The van der Waals surface area contributed by atoms with Crippen LogP contribution in [0.3, 0.4) is 0 Å². The van der Waals surface area contributed by atoms with E-state index in [1.165, 1.54) is 0 Å². The van der Waals surface area contributed by atoms with Crippen molar-refractivity contribution < 1.29 is 9.53 Å². The fourth-order valence-corrected chi connectivity index (χ4v) is 2.20. The molecule has 0 aliphatic heterocycles. The van der Waals surface area contributed by atoms with Gasteiger partial charge in [0.25, 0.3) is 5.91 Å². The van der Waals surface area contributed by atoms with Crippen LogP contribution in [0.25, 0.3) is 0 Å². The van der Waals surface area contributed by atoms with Crippen molar-refractivity contribution in [2.45, 2.75) is 20.4 Å². The topological polar surface area (TPSA) is 68.5 Å². The highest BCUT2D eigenvalue weighted by atomic mass is 16.5. The minimum absolute atomic E-state index is 0.329. The van der Waals surface area contributed by atoms with Crippen molar-refractivity contribution in [1.29, 1.82) is 0 Å². The van der Waals surface area contributed by atoms with Gasteiger partial charge in [-0.2, -0.15) is 5.10 Å². The van der Waals surface area contributed by atoms with Crippen molar-refractivity contribution in [2.24, 2.45) is 5.10 Å². The lowest BCUT2D eigenvalue weighted by molar-refractivity contribution is 0.0950. The molecule has 2 aromatic heterocycles. The Hall–Kier alpha value is -2.47. The van der Waals surface area contributed by atoms with Crippen LogP contribution < -0.4 is 5.43 Å². The maximum absolute atomic E-state index is 11.8. The van der Waals surface area contributed by atoms with Gasteiger partial charge in [0.2, 0.25) is 0 Å². The minimum Gasteiger partial charge on any atom is -0.383 e. The summed E-state index contributed by atoms with van der Waals surface area (Å²) < 4.78 is 7.27. The van der Waals surface area contributed by atoms with Gasteiger partial charge in [0.15, 0.2) is 0 Å². The van der Waals surface area contributed by atoms with E-state index in [0.29, 0.717) is 12.3 Å². The first-order chi connectivity index (χ1) is 10.6. The molecular weight excluding hydrogens is 280 g/mol. The molecule has 0 radical (unpaired) electrons. The molecule has 6 nitrogen and oxygen atoms in total. The van der Waals surface area contributed by atoms with E-state index in [4.69, 9.17) is 4.74 Å². The summed E-state index contributed by atoms with van der Waals surface area (Å²) in [7, 11) is 1.68. The van der Waals surface area contributed by atoms with Crippen LogP contribution in [0.4, 0.5) is 0 Å². The summed E-state index contributed by atoms with van der Waals surface area (Å²) in [5.41, 5.74) is 6.01. The van der Waals surface area contributed by atoms with E-state index < -0.39 is 0 Å². The maximum atomic E-state index is 11.8. The van der Waals surface area contributed by atoms with Crippen LogP contribution >= 0.6 is 0 Å². The number of aromatic nitrogens is 2. The third-order valence-corrected chi connectivity index (χ3v) is 3.40. The Morgan fingerprint density at radius 3 is 2.95 bits per heavy atom. The quantitative estimate of drug-likeness (QED) is 0.654. The van der Waals surface area contributed by atoms with Crippen molar-refractivity contribution in [1.82, 2.24) is 15.0 Å². The number of amides is 1. The van der Waals surface area contributed by atoms with E-state index >= 15 is 0 Å². The normalized spacial score (nSPS) is 11.0. The van der Waals surface area contributed by atoms with Gasteiger partial charge in [0, 0.05) is 36.8 Å². The number of carbonyl (C=O) groups excluding carboxylic acids is 1. The molecule has 2 rings (SSSR count). The van der Waals surface area contributed by atoms with E-state index in [-0.39, 0.29) is 5.91 Å². The number of aryl methyl sites for hydroxylation is 1. The second-order valence-corrected chi connectivity index (χ2v) is 4.89. The molecule has 0 saturated carbocycles. The Balaban J connectivity index is 2.03. The van der Waals surface area contributed by atoms with Crippen LogP contribution in [0, 0.1) is 13.8 Å². The fourth-order valence-electron chi connectivity index (χ4n) is 2.20. The number of methoxy groups -OCH3 is 1. The number of nitrogens with zero attached hydrogens (tertiary/aromatic N) is 3. The molecular formula is C16H20N4O2. The number of ether oxygens (including phenoxy) is 1. The van der Waals surface area contributed by atoms with Crippen molar-refractivity contribution >= 4 is 12.1 Å². The number of rotatable bonds is 6. The minimum atomic E-state index is -0.329.